The average Bonchev–Trinajstić information content (AvgIpc) is 2.97. The van der Waals surface area contributed by atoms with E-state index in [1.807, 2.05) is 11.8 Å². The molecule has 4 unspecified atom stereocenters. The molecule has 0 aromatic heterocycles. The molecule has 1 aromatic carbocycles. The monoisotopic (exact) mass is 235 g/mol. The zero-order valence-electron chi connectivity index (χ0n) is 9.17. The highest BCUT2D eigenvalue weighted by molar-refractivity contribution is 8.00. The molecule has 0 spiro atoms. The van der Waals surface area contributed by atoms with E-state index in [0.717, 1.165) is 12.2 Å². The Kier molecular flexibility index (Phi) is 2.92. The van der Waals surface area contributed by atoms with Crippen molar-refractivity contribution in [2.75, 3.05) is 5.75 Å². The third kappa shape index (κ3) is 2.12. The van der Waals surface area contributed by atoms with Crippen LogP contribution in [-0.2, 0) is 0 Å². The van der Waals surface area contributed by atoms with Crippen molar-refractivity contribution < 1.29 is 5.11 Å². The molecule has 3 heteroatoms. The summed E-state index contributed by atoms with van der Waals surface area (Å²) in [6.45, 7) is 0. The smallest absolute Gasteiger partial charge is 0.0798 e. The minimum atomic E-state index is -0.151. The molecular weight excluding hydrogens is 218 g/mol. The van der Waals surface area contributed by atoms with Crippen molar-refractivity contribution in [2.45, 2.75) is 36.3 Å². The Morgan fingerprint density at radius 1 is 1.25 bits per heavy atom. The summed E-state index contributed by atoms with van der Waals surface area (Å²) in [4.78, 5) is 0. The van der Waals surface area contributed by atoms with Gasteiger partial charge in [0.2, 0.25) is 0 Å². The fraction of sp³-hybridized carbons (Fsp3) is 0.538. The Bertz CT molecular complexity index is 356. The van der Waals surface area contributed by atoms with Gasteiger partial charge in [0.15, 0.2) is 0 Å². The molecule has 3 rings (SSSR count). The lowest BCUT2D eigenvalue weighted by Gasteiger charge is -2.15. The maximum atomic E-state index is 9.74. The Hall–Kier alpha value is -0.510. The van der Waals surface area contributed by atoms with E-state index in [4.69, 9.17) is 0 Å². The van der Waals surface area contributed by atoms with Gasteiger partial charge in [-0.3, -0.25) is 5.32 Å². The normalized spacial score (nSPS) is 37.6. The van der Waals surface area contributed by atoms with Gasteiger partial charge in [-0.2, -0.15) is 0 Å². The Labute approximate surface area is 100 Å². The zero-order chi connectivity index (χ0) is 11.0. The van der Waals surface area contributed by atoms with Crippen molar-refractivity contribution in [2.24, 2.45) is 0 Å². The van der Waals surface area contributed by atoms with E-state index < -0.39 is 0 Å². The number of hydrogen-bond acceptors (Lipinski definition) is 3. The summed E-state index contributed by atoms with van der Waals surface area (Å²) < 4.78 is 0. The van der Waals surface area contributed by atoms with Crippen LogP contribution in [0.25, 0.3) is 0 Å². The summed E-state index contributed by atoms with van der Waals surface area (Å²) in [7, 11) is 0. The largest absolute Gasteiger partial charge is 0.391 e. The van der Waals surface area contributed by atoms with Crippen molar-refractivity contribution in [3.8, 4) is 0 Å². The minimum Gasteiger partial charge on any atom is -0.391 e. The molecule has 0 bridgehead atoms. The number of nitrogens with one attached hydrogen (secondary N) is 1. The van der Waals surface area contributed by atoms with Gasteiger partial charge < -0.3 is 5.11 Å². The van der Waals surface area contributed by atoms with Crippen molar-refractivity contribution in [3.63, 3.8) is 0 Å². The highest BCUT2D eigenvalue weighted by Gasteiger charge is 2.41. The number of rotatable bonds is 3. The van der Waals surface area contributed by atoms with Gasteiger partial charge >= 0.3 is 0 Å². The third-order valence-electron chi connectivity index (χ3n) is 3.46. The highest BCUT2D eigenvalue weighted by atomic mass is 32.2. The fourth-order valence-electron chi connectivity index (χ4n) is 2.40. The lowest BCUT2D eigenvalue weighted by atomic mass is 10.1. The van der Waals surface area contributed by atoms with Crippen LogP contribution in [0, 0.1) is 0 Å². The number of benzene rings is 1. The molecule has 1 aliphatic heterocycles. The van der Waals surface area contributed by atoms with Gasteiger partial charge in [-0.25, -0.2) is 0 Å². The van der Waals surface area contributed by atoms with E-state index in [1.165, 1.54) is 12.0 Å². The molecule has 4 atom stereocenters. The average molecular weight is 235 g/mol. The van der Waals surface area contributed by atoms with Crippen LogP contribution in [0.4, 0.5) is 0 Å². The third-order valence-corrected chi connectivity index (χ3v) is 4.74. The Morgan fingerprint density at radius 3 is 2.75 bits per heavy atom. The number of hydrogen-bond donors (Lipinski definition) is 2. The van der Waals surface area contributed by atoms with Gasteiger partial charge in [0, 0.05) is 12.0 Å². The lowest BCUT2D eigenvalue weighted by Crippen LogP contribution is -2.35. The molecule has 1 saturated heterocycles. The second-order valence-electron chi connectivity index (χ2n) is 4.67. The zero-order valence-corrected chi connectivity index (χ0v) is 9.99. The van der Waals surface area contributed by atoms with E-state index in [0.29, 0.717) is 12.0 Å². The van der Waals surface area contributed by atoms with E-state index in [2.05, 4.69) is 35.6 Å². The molecule has 2 fully saturated rings. The molecule has 1 aromatic rings. The first-order valence-electron chi connectivity index (χ1n) is 5.95. The Balaban J connectivity index is 1.56. The molecule has 16 heavy (non-hydrogen) atoms. The van der Waals surface area contributed by atoms with Crippen LogP contribution in [0.5, 0.6) is 0 Å². The number of thioether (sulfide) groups is 1. The molecule has 1 aliphatic carbocycles. The van der Waals surface area contributed by atoms with Crippen LogP contribution in [-0.4, -0.2) is 28.4 Å². The topological polar surface area (TPSA) is 32.3 Å². The fourth-order valence-corrected chi connectivity index (χ4v) is 3.66. The van der Waals surface area contributed by atoms with Gasteiger partial charge in [-0.15, -0.1) is 11.8 Å². The van der Waals surface area contributed by atoms with Crippen LogP contribution < -0.4 is 5.32 Å². The molecule has 0 amide bonds. The summed E-state index contributed by atoms with van der Waals surface area (Å²) in [6.07, 6.45) is 2.00. The van der Waals surface area contributed by atoms with Crippen LogP contribution in [0.2, 0.25) is 0 Å². The molecule has 2 nitrogen and oxygen atoms in total. The molecule has 0 radical (unpaired) electrons. The number of aliphatic hydroxyl groups is 1. The molecule has 2 N–H and O–H groups in total. The van der Waals surface area contributed by atoms with E-state index in [9.17, 15) is 5.11 Å². The van der Waals surface area contributed by atoms with Crippen LogP contribution >= 0.6 is 11.8 Å². The molecule has 86 valence electrons. The summed E-state index contributed by atoms with van der Waals surface area (Å²) >= 11 is 1.85. The quantitative estimate of drug-likeness (QED) is 0.840. The van der Waals surface area contributed by atoms with Crippen LogP contribution in [0.3, 0.4) is 0 Å². The van der Waals surface area contributed by atoms with E-state index in [1.54, 1.807) is 0 Å². The highest BCUT2D eigenvalue weighted by Crippen LogP contribution is 2.42. The van der Waals surface area contributed by atoms with Crippen molar-refractivity contribution in [1.82, 2.24) is 5.32 Å². The maximum absolute atomic E-state index is 9.74. The molecule has 2 aliphatic rings. The summed E-state index contributed by atoms with van der Waals surface area (Å²) in [5.41, 5.74) is 1.43. The minimum absolute atomic E-state index is 0.151. The van der Waals surface area contributed by atoms with Gasteiger partial charge in [0.25, 0.3) is 0 Å². The predicted octanol–water partition coefficient (Wildman–Crippen LogP) is 1.96. The first-order valence-corrected chi connectivity index (χ1v) is 7.00. The summed E-state index contributed by atoms with van der Waals surface area (Å²) in [6, 6.07) is 11.2. The van der Waals surface area contributed by atoms with Gasteiger partial charge in [0.1, 0.15) is 0 Å². The SMILES string of the molecule is OC1CCSC1NC1CC1c1ccccc1. The summed E-state index contributed by atoms with van der Waals surface area (Å²) in [5.74, 6) is 1.75. The summed E-state index contributed by atoms with van der Waals surface area (Å²) in [5, 5.41) is 13.6. The van der Waals surface area contributed by atoms with Crippen LogP contribution in [0.1, 0.15) is 24.3 Å². The second kappa shape index (κ2) is 4.40. The van der Waals surface area contributed by atoms with Crippen LogP contribution in [0.15, 0.2) is 30.3 Å². The van der Waals surface area contributed by atoms with Gasteiger partial charge in [-0.05, 0) is 24.2 Å². The Morgan fingerprint density at radius 2 is 2.06 bits per heavy atom. The van der Waals surface area contributed by atoms with E-state index in [-0.39, 0.29) is 11.5 Å². The molecule has 1 heterocycles. The van der Waals surface area contributed by atoms with E-state index >= 15 is 0 Å². The first-order chi connectivity index (χ1) is 7.84. The maximum Gasteiger partial charge on any atom is 0.0798 e. The van der Waals surface area contributed by atoms with Crippen molar-refractivity contribution in [1.29, 1.82) is 0 Å². The van der Waals surface area contributed by atoms with Crippen molar-refractivity contribution >= 4 is 11.8 Å². The number of aliphatic hydroxyl groups excluding tert-OH is 1. The molecule has 1 saturated carbocycles. The lowest BCUT2D eigenvalue weighted by molar-refractivity contribution is 0.164. The predicted molar refractivity (Wildman–Crippen MR) is 67.6 cm³/mol. The second-order valence-corrected chi connectivity index (χ2v) is 5.92. The first kappa shape index (κ1) is 10.6. The van der Waals surface area contributed by atoms with Gasteiger partial charge in [0.05, 0.1) is 11.5 Å². The molecular formula is C13H17NOS. The standard InChI is InChI=1S/C13H17NOS/c15-12-6-7-16-13(12)14-11-8-10(11)9-4-2-1-3-5-9/h1-5,10-15H,6-8H2. The van der Waals surface area contributed by atoms with Crippen molar-refractivity contribution in [3.05, 3.63) is 35.9 Å². The van der Waals surface area contributed by atoms with Gasteiger partial charge in [-0.1, -0.05) is 30.3 Å².